The van der Waals surface area contributed by atoms with Crippen molar-refractivity contribution in [2.45, 2.75) is 33.7 Å². The molecule has 0 atom stereocenters. The van der Waals surface area contributed by atoms with Crippen molar-refractivity contribution in [3.8, 4) is 0 Å². The van der Waals surface area contributed by atoms with Crippen molar-refractivity contribution < 1.29 is 8.83 Å². The first kappa shape index (κ1) is 11.0. The highest BCUT2D eigenvalue weighted by Crippen LogP contribution is 2.29. The van der Waals surface area contributed by atoms with E-state index in [1.54, 1.807) is 0 Å². The predicted molar refractivity (Wildman–Crippen MR) is 62.4 cm³/mol. The van der Waals surface area contributed by atoms with Crippen LogP contribution in [0.4, 0.5) is 0 Å². The third-order valence-corrected chi connectivity index (χ3v) is 2.83. The number of furan rings is 2. The van der Waals surface area contributed by atoms with E-state index < -0.39 is 0 Å². The quantitative estimate of drug-likeness (QED) is 0.844. The normalized spacial score (nSPS) is 11.4. The van der Waals surface area contributed by atoms with E-state index in [0.717, 1.165) is 34.2 Å². The zero-order valence-electron chi connectivity index (χ0n) is 10.1. The molecule has 0 aromatic carbocycles. The maximum absolute atomic E-state index is 6.22. The first-order chi connectivity index (χ1) is 7.49. The van der Waals surface area contributed by atoms with Gasteiger partial charge in [-0.3, -0.25) is 0 Å². The Morgan fingerprint density at radius 3 is 1.50 bits per heavy atom. The molecular formula is C13H17NO2. The van der Waals surface area contributed by atoms with Gasteiger partial charge in [0.15, 0.2) is 0 Å². The van der Waals surface area contributed by atoms with Gasteiger partial charge >= 0.3 is 0 Å². The molecule has 0 unspecified atom stereocenters. The predicted octanol–water partition coefficient (Wildman–Crippen LogP) is 3.15. The molecule has 2 aromatic heterocycles. The van der Waals surface area contributed by atoms with Gasteiger partial charge in [-0.1, -0.05) is 0 Å². The fourth-order valence-electron chi connectivity index (χ4n) is 2.09. The fourth-order valence-corrected chi connectivity index (χ4v) is 2.09. The van der Waals surface area contributed by atoms with Gasteiger partial charge in [0.25, 0.3) is 0 Å². The second kappa shape index (κ2) is 3.83. The highest BCUT2D eigenvalue weighted by molar-refractivity contribution is 5.36. The van der Waals surface area contributed by atoms with Gasteiger partial charge in [0.05, 0.1) is 6.04 Å². The van der Waals surface area contributed by atoms with Gasteiger partial charge in [-0.05, 0) is 39.8 Å². The van der Waals surface area contributed by atoms with Gasteiger partial charge in [-0.25, -0.2) is 0 Å². The number of aryl methyl sites for hydroxylation is 4. The summed E-state index contributed by atoms with van der Waals surface area (Å²) in [5.41, 5.74) is 8.28. The van der Waals surface area contributed by atoms with E-state index in [4.69, 9.17) is 14.6 Å². The lowest BCUT2D eigenvalue weighted by Gasteiger charge is -2.09. The van der Waals surface area contributed by atoms with Crippen LogP contribution in [0.5, 0.6) is 0 Å². The van der Waals surface area contributed by atoms with Crippen LogP contribution in [0.1, 0.15) is 40.2 Å². The molecule has 0 saturated heterocycles. The Kier molecular flexibility index (Phi) is 2.64. The SMILES string of the molecule is Cc1cc(C(N)c2cc(C)oc2C)c(C)o1. The Balaban J connectivity index is 2.42. The van der Waals surface area contributed by atoms with Crippen molar-refractivity contribution >= 4 is 0 Å². The maximum Gasteiger partial charge on any atom is 0.106 e. The van der Waals surface area contributed by atoms with E-state index in [1.165, 1.54) is 0 Å². The number of hydrogen-bond acceptors (Lipinski definition) is 3. The molecule has 86 valence electrons. The molecule has 2 heterocycles. The van der Waals surface area contributed by atoms with Crippen molar-refractivity contribution in [2.75, 3.05) is 0 Å². The van der Waals surface area contributed by atoms with Crippen LogP contribution in [0.15, 0.2) is 21.0 Å². The molecule has 0 bridgehead atoms. The minimum atomic E-state index is -0.171. The summed E-state index contributed by atoms with van der Waals surface area (Å²) in [6, 6.07) is 3.80. The smallest absolute Gasteiger partial charge is 0.106 e. The molecule has 0 aliphatic heterocycles. The standard InChI is InChI=1S/C13H17NO2/c1-7-5-11(9(3)15-7)13(14)12-6-8(2)16-10(12)4/h5-6,13H,14H2,1-4H3. The van der Waals surface area contributed by atoms with Crippen LogP contribution in [0, 0.1) is 27.7 Å². The van der Waals surface area contributed by atoms with E-state index >= 15 is 0 Å². The van der Waals surface area contributed by atoms with Gasteiger partial charge in [0, 0.05) is 11.1 Å². The molecule has 2 rings (SSSR count). The first-order valence-corrected chi connectivity index (χ1v) is 5.38. The van der Waals surface area contributed by atoms with E-state index in [2.05, 4.69) is 0 Å². The Labute approximate surface area is 95.2 Å². The lowest BCUT2D eigenvalue weighted by Crippen LogP contribution is -2.12. The summed E-state index contributed by atoms with van der Waals surface area (Å²) in [6.07, 6.45) is 0. The molecular weight excluding hydrogens is 202 g/mol. The Hall–Kier alpha value is -1.48. The average molecular weight is 219 g/mol. The van der Waals surface area contributed by atoms with Crippen molar-refractivity contribution in [3.05, 3.63) is 46.3 Å². The van der Waals surface area contributed by atoms with Crippen molar-refractivity contribution in [1.29, 1.82) is 0 Å². The molecule has 3 heteroatoms. The summed E-state index contributed by atoms with van der Waals surface area (Å²) in [7, 11) is 0. The van der Waals surface area contributed by atoms with Crippen molar-refractivity contribution in [1.82, 2.24) is 0 Å². The highest BCUT2D eigenvalue weighted by atomic mass is 16.3. The highest BCUT2D eigenvalue weighted by Gasteiger charge is 2.19. The summed E-state index contributed by atoms with van der Waals surface area (Å²) >= 11 is 0. The number of rotatable bonds is 2. The Morgan fingerprint density at radius 2 is 1.25 bits per heavy atom. The van der Waals surface area contributed by atoms with Gasteiger partial charge in [-0.2, -0.15) is 0 Å². The molecule has 0 aliphatic rings. The summed E-state index contributed by atoms with van der Waals surface area (Å²) < 4.78 is 11.0. The molecule has 2 N–H and O–H groups in total. The van der Waals surface area contributed by atoms with Crippen LogP contribution in [-0.2, 0) is 0 Å². The van der Waals surface area contributed by atoms with Gasteiger partial charge in [-0.15, -0.1) is 0 Å². The third-order valence-electron chi connectivity index (χ3n) is 2.83. The Morgan fingerprint density at radius 1 is 0.875 bits per heavy atom. The molecule has 0 saturated carbocycles. The number of nitrogens with two attached hydrogens (primary N) is 1. The second-order valence-corrected chi connectivity index (χ2v) is 4.21. The Bertz CT molecular complexity index is 462. The minimum Gasteiger partial charge on any atom is -0.466 e. The molecule has 16 heavy (non-hydrogen) atoms. The molecule has 0 aliphatic carbocycles. The zero-order valence-corrected chi connectivity index (χ0v) is 10.1. The van der Waals surface area contributed by atoms with Crippen LogP contribution in [0.25, 0.3) is 0 Å². The van der Waals surface area contributed by atoms with E-state index in [0.29, 0.717) is 0 Å². The summed E-state index contributed by atoms with van der Waals surface area (Å²) in [4.78, 5) is 0. The van der Waals surface area contributed by atoms with Crippen molar-refractivity contribution in [3.63, 3.8) is 0 Å². The zero-order chi connectivity index (χ0) is 11.9. The molecule has 3 nitrogen and oxygen atoms in total. The van der Waals surface area contributed by atoms with Crippen LogP contribution in [0.2, 0.25) is 0 Å². The molecule has 0 spiro atoms. The van der Waals surface area contributed by atoms with Gasteiger partial charge in [0.1, 0.15) is 23.0 Å². The van der Waals surface area contributed by atoms with Crippen LogP contribution < -0.4 is 5.73 Å². The van der Waals surface area contributed by atoms with E-state index in [9.17, 15) is 0 Å². The summed E-state index contributed by atoms with van der Waals surface area (Å²) in [5, 5.41) is 0. The lowest BCUT2D eigenvalue weighted by atomic mass is 10.0. The van der Waals surface area contributed by atoms with Gasteiger partial charge in [0.2, 0.25) is 0 Å². The van der Waals surface area contributed by atoms with Crippen LogP contribution >= 0.6 is 0 Å². The molecule has 0 radical (unpaired) electrons. The topological polar surface area (TPSA) is 52.3 Å². The average Bonchev–Trinajstić information content (AvgIpc) is 2.68. The largest absolute Gasteiger partial charge is 0.466 e. The van der Waals surface area contributed by atoms with Gasteiger partial charge < -0.3 is 14.6 Å². The van der Waals surface area contributed by atoms with Crippen LogP contribution in [0.3, 0.4) is 0 Å². The second-order valence-electron chi connectivity index (χ2n) is 4.21. The van der Waals surface area contributed by atoms with Crippen molar-refractivity contribution in [2.24, 2.45) is 5.73 Å². The first-order valence-electron chi connectivity index (χ1n) is 5.38. The van der Waals surface area contributed by atoms with Crippen LogP contribution in [-0.4, -0.2) is 0 Å². The fraction of sp³-hybridized carbons (Fsp3) is 0.385. The summed E-state index contributed by atoms with van der Waals surface area (Å²) in [6.45, 7) is 7.72. The monoisotopic (exact) mass is 219 g/mol. The maximum atomic E-state index is 6.22. The molecule has 2 aromatic rings. The van der Waals surface area contributed by atoms with E-state index in [-0.39, 0.29) is 6.04 Å². The molecule has 0 fully saturated rings. The van der Waals surface area contributed by atoms with E-state index in [1.807, 2.05) is 39.8 Å². The number of hydrogen-bond donors (Lipinski definition) is 1. The minimum absolute atomic E-state index is 0.171. The third kappa shape index (κ3) is 1.78. The molecule has 0 amide bonds. The summed E-state index contributed by atoms with van der Waals surface area (Å²) in [5.74, 6) is 3.54. The lowest BCUT2D eigenvalue weighted by molar-refractivity contribution is 0.494.